The smallest absolute Gasteiger partial charge is 0.331 e. The first kappa shape index (κ1) is 17.2. The van der Waals surface area contributed by atoms with Crippen molar-refractivity contribution in [2.75, 3.05) is 6.79 Å². The minimum absolute atomic E-state index is 0.346. The minimum Gasteiger partial charge on any atom is -0.427 e. The fourth-order valence-corrected chi connectivity index (χ4v) is 1.84. The van der Waals surface area contributed by atoms with Crippen LogP contribution in [0.5, 0.6) is 0 Å². The molecule has 0 spiro atoms. The number of carbonyl (C=O) groups excluding carboxylic acids is 3. The van der Waals surface area contributed by atoms with Crippen molar-refractivity contribution in [2.24, 2.45) is 5.41 Å². The Hall–Kier alpha value is -1.89. The number of hydrogen-bond acceptors (Lipinski definition) is 6. The molecule has 0 aliphatic rings. The van der Waals surface area contributed by atoms with Gasteiger partial charge in [-0.2, -0.15) is 0 Å². The predicted molar refractivity (Wildman–Crippen MR) is 77.8 cm³/mol. The number of rotatable bonds is 5. The molecule has 7 heteroatoms. The Morgan fingerprint density at radius 1 is 1.29 bits per heavy atom. The van der Waals surface area contributed by atoms with Gasteiger partial charge < -0.3 is 14.8 Å². The fourth-order valence-electron chi connectivity index (χ4n) is 1.22. The van der Waals surface area contributed by atoms with Gasteiger partial charge in [-0.25, -0.2) is 4.79 Å². The zero-order valence-electron chi connectivity index (χ0n) is 12.5. The normalized spacial score (nSPS) is 12.4. The number of esters is 2. The molecule has 116 valence electrons. The van der Waals surface area contributed by atoms with Gasteiger partial charge in [-0.1, -0.05) is 6.07 Å². The van der Waals surface area contributed by atoms with E-state index in [9.17, 15) is 14.4 Å². The average molecular weight is 313 g/mol. The van der Waals surface area contributed by atoms with Crippen LogP contribution in [0.3, 0.4) is 0 Å². The van der Waals surface area contributed by atoms with Gasteiger partial charge in [-0.15, -0.1) is 11.3 Å². The molecule has 0 aliphatic heterocycles. The van der Waals surface area contributed by atoms with Crippen molar-refractivity contribution in [1.82, 2.24) is 5.32 Å². The maximum atomic E-state index is 11.7. The Morgan fingerprint density at radius 3 is 2.48 bits per heavy atom. The largest absolute Gasteiger partial charge is 0.427 e. The molecule has 1 aromatic heterocycles. The summed E-state index contributed by atoms with van der Waals surface area (Å²) in [6.07, 6.45) is 0. The Morgan fingerprint density at radius 2 is 1.95 bits per heavy atom. The van der Waals surface area contributed by atoms with Crippen molar-refractivity contribution < 1.29 is 23.9 Å². The highest BCUT2D eigenvalue weighted by atomic mass is 32.1. The van der Waals surface area contributed by atoms with E-state index in [0.717, 1.165) is 0 Å². The summed E-state index contributed by atoms with van der Waals surface area (Å²) in [5, 5.41) is 4.27. The molecule has 1 unspecified atom stereocenters. The number of ether oxygens (including phenoxy) is 2. The van der Waals surface area contributed by atoms with E-state index in [4.69, 9.17) is 9.47 Å². The lowest BCUT2D eigenvalue weighted by molar-refractivity contribution is -0.173. The molecule has 0 saturated carbocycles. The van der Waals surface area contributed by atoms with Crippen LogP contribution < -0.4 is 5.32 Å². The van der Waals surface area contributed by atoms with Crippen LogP contribution >= 0.6 is 11.3 Å². The lowest BCUT2D eigenvalue weighted by Crippen LogP contribution is -2.39. The van der Waals surface area contributed by atoms with Gasteiger partial charge in [0, 0.05) is 0 Å². The molecule has 1 atom stereocenters. The van der Waals surface area contributed by atoms with Gasteiger partial charge in [-0.05, 0) is 39.1 Å². The Kier molecular flexibility index (Phi) is 5.90. The average Bonchev–Trinajstić information content (AvgIpc) is 2.90. The zero-order chi connectivity index (χ0) is 16.0. The summed E-state index contributed by atoms with van der Waals surface area (Å²) in [5.41, 5.74) is -0.661. The summed E-state index contributed by atoms with van der Waals surface area (Å²) >= 11 is 1.28. The second-order valence-corrected chi connectivity index (χ2v) is 6.38. The van der Waals surface area contributed by atoms with Crippen LogP contribution in [0.25, 0.3) is 0 Å². The maximum Gasteiger partial charge on any atom is 0.331 e. The number of carbonyl (C=O) groups is 3. The highest BCUT2D eigenvalue weighted by Crippen LogP contribution is 2.15. The molecular formula is C14H19NO5S. The van der Waals surface area contributed by atoms with Crippen LogP contribution in [-0.2, 0) is 19.1 Å². The minimum atomic E-state index is -0.826. The second-order valence-electron chi connectivity index (χ2n) is 5.44. The third kappa shape index (κ3) is 5.55. The van der Waals surface area contributed by atoms with Crippen LogP contribution in [-0.4, -0.2) is 30.7 Å². The summed E-state index contributed by atoms with van der Waals surface area (Å²) in [4.78, 5) is 35.4. The summed E-state index contributed by atoms with van der Waals surface area (Å²) in [5.74, 6) is -1.48. The van der Waals surface area contributed by atoms with E-state index >= 15 is 0 Å². The van der Waals surface area contributed by atoms with E-state index in [0.29, 0.717) is 4.88 Å². The van der Waals surface area contributed by atoms with E-state index in [1.54, 1.807) is 38.3 Å². The summed E-state index contributed by atoms with van der Waals surface area (Å²) in [7, 11) is 0. The quantitative estimate of drug-likeness (QED) is 0.664. The molecule has 1 amide bonds. The second kappa shape index (κ2) is 7.21. The molecule has 1 rings (SSSR count). The van der Waals surface area contributed by atoms with E-state index in [-0.39, 0.29) is 5.91 Å². The van der Waals surface area contributed by atoms with Gasteiger partial charge >= 0.3 is 11.9 Å². The molecule has 21 heavy (non-hydrogen) atoms. The van der Waals surface area contributed by atoms with Crippen LogP contribution in [0, 0.1) is 5.41 Å². The zero-order valence-corrected chi connectivity index (χ0v) is 13.3. The lowest BCUT2D eigenvalue weighted by atomic mass is 9.98. The van der Waals surface area contributed by atoms with Crippen molar-refractivity contribution >= 4 is 29.2 Å². The van der Waals surface area contributed by atoms with Crippen molar-refractivity contribution in [3.05, 3.63) is 22.4 Å². The van der Waals surface area contributed by atoms with E-state index in [1.807, 2.05) is 0 Å². The van der Waals surface area contributed by atoms with Crippen LogP contribution in [0.1, 0.15) is 37.4 Å². The molecule has 1 N–H and O–H groups in total. The molecule has 1 heterocycles. The molecule has 0 aliphatic carbocycles. The van der Waals surface area contributed by atoms with Crippen LogP contribution in [0.4, 0.5) is 0 Å². The first-order valence-electron chi connectivity index (χ1n) is 6.40. The molecule has 0 fully saturated rings. The maximum absolute atomic E-state index is 11.7. The summed E-state index contributed by atoms with van der Waals surface area (Å²) in [6, 6.07) is 2.57. The van der Waals surface area contributed by atoms with Gasteiger partial charge in [0.25, 0.3) is 5.91 Å². The third-order valence-electron chi connectivity index (χ3n) is 2.45. The van der Waals surface area contributed by atoms with Gasteiger partial charge in [0.15, 0.2) is 0 Å². The highest BCUT2D eigenvalue weighted by Gasteiger charge is 2.24. The molecule has 0 aromatic carbocycles. The highest BCUT2D eigenvalue weighted by molar-refractivity contribution is 7.12. The molecule has 6 nitrogen and oxygen atoms in total. The van der Waals surface area contributed by atoms with Gasteiger partial charge in [0.05, 0.1) is 10.3 Å². The van der Waals surface area contributed by atoms with Crippen molar-refractivity contribution in [1.29, 1.82) is 0 Å². The van der Waals surface area contributed by atoms with Gasteiger partial charge in [0.1, 0.15) is 6.04 Å². The number of hydrogen-bond donors (Lipinski definition) is 1. The molecular weight excluding hydrogens is 294 g/mol. The fraction of sp³-hybridized carbons (Fsp3) is 0.500. The van der Waals surface area contributed by atoms with E-state index in [1.165, 1.54) is 18.3 Å². The van der Waals surface area contributed by atoms with Crippen molar-refractivity contribution in [3.63, 3.8) is 0 Å². The monoisotopic (exact) mass is 313 g/mol. The Labute approximate surface area is 127 Å². The van der Waals surface area contributed by atoms with E-state index in [2.05, 4.69) is 5.32 Å². The number of thiophene rings is 1. The summed E-state index contributed by atoms with van der Waals surface area (Å²) in [6.45, 7) is 6.12. The predicted octanol–water partition coefficient (Wildman–Crippen LogP) is 1.96. The summed E-state index contributed by atoms with van der Waals surface area (Å²) < 4.78 is 9.61. The van der Waals surface area contributed by atoms with Gasteiger partial charge in [-0.3, -0.25) is 9.59 Å². The van der Waals surface area contributed by atoms with Crippen LogP contribution in [0.2, 0.25) is 0 Å². The first-order chi connectivity index (χ1) is 9.71. The Balaban J connectivity index is 2.35. The molecule has 0 saturated heterocycles. The van der Waals surface area contributed by atoms with Crippen LogP contribution in [0.15, 0.2) is 17.5 Å². The molecule has 0 bridgehead atoms. The van der Waals surface area contributed by atoms with Crippen molar-refractivity contribution in [3.8, 4) is 0 Å². The molecule has 1 aromatic rings. The Bertz CT molecular complexity index is 504. The topological polar surface area (TPSA) is 81.7 Å². The van der Waals surface area contributed by atoms with Crippen molar-refractivity contribution in [2.45, 2.75) is 33.7 Å². The lowest BCUT2D eigenvalue weighted by Gasteiger charge is -2.17. The number of amides is 1. The van der Waals surface area contributed by atoms with E-state index < -0.39 is 30.2 Å². The van der Waals surface area contributed by atoms with Gasteiger partial charge in [0.2, 0.25) is 6.79 Å². The number of nitrogens with one attached hydrogen (secondary N) is 1. The molecule has 0 radical (unpaired) electrons. The third-order valence-corrected chi connectivity index (χ3v) is 3.32. The SMILES string of the molecule is CC(NC(=O)c1cccs1)C(=O)OCOC(=O)C(C)(C)C. The first-order valence-corrected chi connectivity index (χ1v) is 7.28. The standard InChI is InChI=1S/C14H19NO5S/c1-9(15-11(16)10-6-5-7-21-10)12(17)19-8-20-13(18)14(2,3)4/h5-7,9H,8H2,1-4H3,(H,15,16).